The average molecular weight is 308 g/mol. The number of halogens is 1. The number of carbonyl (C=O) groups excluding carboxylic acids is 1. The molecule has 0 aliphatic carbocycles. The highest BCUT2D eigenvalue weighted by atomic mass is 32.2. The third-order valence-electron chi connectivity index (χ3n) is 3.06. The minimum absolute atomic E-state index is 0.0890. The molecule has 0 fully saturated rings. The second kappa shape index (κ2) is 7.21. The number of nitrogens with zero attached hydrogens (tertiary/aromatic N) is 3. The number of carbonyl (C=O) groups is 1. The van der Waals surface area contributed by atoms with Gasteiger partial charge in [0, 0.05) is 20.0 Å². The molecule has 1 N–H and O–H groups in total. The number of thioether (sulfide) groups is 1. The van der Waals surface area contributed by atoms with E-state index in [-0.39, 0.29) is 18.1 Å². The van der Waals surface area contributed by atoms with Gasteiger partial charge in [0.2, 0.25) is 5.91 Å². The average Bonchev–Trinajstić information content (AvgIpc) is 2.82. The normalized spacial score (nSPS) is 10.6. The number of aromatic nitrogens is 3. The Hall–Kier alpha value is -1.89. The second-order valence-corrected chi connectivity index (χ2v) is 5.34. The molecule has 0 aliphatic heterocycles. The van der Waals surface area contributed by atoms with Gasteiger partial charge in [-0.05, 0) is 24.0 Å². The number of hydrogen-bond donors (Lipinski definition) is 1. The molecule has 2 rings (SSSR count). The zero-order valence-corrected chi connectivity index (χ0v) is 12.8. The third kappa shape index (κ3) is 4.29. The first-order valence-electron chi connectivity index (χ1n) is 6.53. The van der Waals surface area contributed by atoms with E-state index in [0.29, 0.717) is 13.0 Å². The molecule has 1 aromatic carbocycles. The molecule has 0 unspecified atom stereocenters. The Balaban J connectivity index is 1.79. The Morgan fingerprint density at radius 1 is 1.33 bits per heavy atom. The van der Waals surface area contributed by atoms with Gasteiger partial charge in [-0.2, -0.15) is 0 Å². The summed E-state index contributed by atoms with van der Waals surface area (Å²) in [5.41, 5.74) is 0.789. The van der Waals surface area contributed by atoms with Crippen molar-refractivity contribution in [3.8, 4) is 0 Å². The SMILES string of the molecule is CSc1nnc(CCNC(=O)Cc2ccc(F)cc2)n1C. The van der Waals surface area contributed by atoms with Crippen molar-refractivity contribution in [2.24, 2.45) is 7.05 Å². The van der Waals surface area contributed by atoms with Gasteiger partial charge in [-0.3, -0.25) is 4.79 Å². The molecular weight excluding hydrogens is 291 g/mol. The summed E-state index contributed by atoms with van der Waals surface area (Å²) in [5.74, 6) is 0.446. The molecule has 5 nitrogen and oxygen atoms in total. The Kier molecular flexibility index (Phi) is 5.32. The maximum absolute atomic E-state index is 12.8. The molecule has 21 heavy (non-hydrogen) atoms. The summed E-state index contributed by atoms with van der Waals surface area (Å²) in [4.78, 5) is 11.8. The maximum Gasteiger partial charge on any atom is 0.224 e. The fraction of sp³-hybridized carbons (Fsp3) is 0.357. The van der Waals surface area contributed by atoms with Gasteiger partial charge in [0.05, 0.1) is 6.42 Å². The summed E-state index contributed by atoms with van der Waals surface area (Å²) in [6.45, 7) is 0.500. The minimum atomic E-state index is -0.300. The highest BCUT2D eigenvalue weighted by Gasteiger charge is 2.08. The van der Waals surface area contributed by atoms with Crippen LogP contribution in [-0.2, 0) is 24.7 Å². The highest BCUT2D eigenvalue weighted by molar-refractivity contribution is 7.98. The Bertz CT molecular complexity index is 612. The van der Waals surface area contributed by atoms with Gasteiger partial charge in [-0.15, -0.1) is 10.2 Å². The molecule has 1 aromatic heterocycles. The van der Waals surface area contributed by atoms with E-state index in [0.717, 1.165) is 16.5 Å². The molecule has 0 bridgehead atoms. The fourth-order valence-corrected chi connectivity index (χ4v) is 2.41. The number of nitrogens with one attached hydrogen (secondary N) is 1. The van der Waals surface area contributed by atoms with Crippen LogP contribution in [0.4, 0.5) is 4.39 Å². The third-order valence-corrected chi connectivity index (χ3v) is 3.78. The lowest BCUT2D eigenvalue weighted by Gasteiger charge is -2.05. The van der Waals surface area contributed by atoms with Crippen molar-refractivity contribution in [3.05, 3.63) is 41.5 Å². The van der Waals surface area contributed by atoms with Gasteiger partial charge in [0.25, 0.3) is 0 Å². The van der Waals surface area contributed by atoms with Crippen molar-refractivity contribution in [1.29, 1.82) is 0 Å². The van der Waals surface area contributed by atoms with Crippen LogP contribution in [0.25, 0.3) is 0 Å². The van der Waals surface area contributed by atoms with E-state index in [1.54, 1.807) is 12.1 Å². The zero-order valence-electron chi connectivity index (χ0n) is 12.0. The van der Waals surface area contributed by atoms with Crippen molar-refractivity contribution in [3.63, 3.8) is 0 Å². The first-order valence-corrected chi connectivity index (χ1v) is 7.76. The van der Waals surface area contributed by atoms with Gasteiger partial charge in [-0.1, -0.05) is 23.9 Å². The van der Waals surface area contributed by atoms with Crippen LogP contribution in [0.5, 0.6) is 0 Å². The molecule has 2 aromatic rings. The van der Waals surface area contributed by atoms with Crippen LogP contribution in [-0.4, -0.2) is 33.5 Å². The van der Waals surface area contributed by atoms with Crippen LogP contribution in [0.2, 0.25) is 0 Å². The zero-order chi connectivity index (χ0) is 15.2. The monoisotopic (exact) mass is 308 g/mol. The van der Waals surface area contributed by atoms with E-state index in [1.165, 1.54) is 23.9 Å². The summed E-state index contributed by atoms with van der Waals surface area (Å²) in [5, 5.41) is 11.8. The first-order chi connectivity index (χ1) is 10.1. The number of rotatable bonds is 6. The number of benzene rings is 1. The van der Waals surface area contributed by atoms with E-state index in [9.17, 15) is 9.18 Å². The summed E-state index contributed by atoms with van der Waals surface area (Å²) >= 11 is 1.53. The summed E-state index contributed by atoms with van der Waals surface area (Å²) in [6, 6.07) is 5.93. The van der Waals surface area contributed by atoms with E-state index in [2.05, 4.69) is 15.5 Å². The van der Waals surface area contributed by atoms with Crippen LogP contribution >= 0.6 is 11.8 Å². The Labute approximate surface area is 127 Å². The van der Waals surface area contributed by atoms with Crippen molar-refractivity contribution in [2.45, 2.75) is 18.0 Å². The molecule has 1 heterocycles. The molecule has 7 heteroatoms. The lowest BCUT2D eigenvalue weighted by Crippen LogP contribution is -2.27. The van der Waals surface area contributed by atoms with Crippen LogP contribution < -0.4 is 5.32 Å². The van der Waals surface area contributed by atoms with Crippen molar-refractivity contribution in [2.75, 3.05) is 12.8 Å². The molecule has 112 valence electrons. The maximum atomic E-state index is 12.8. The summed E-state index contributed by atoms with van der Waals surface area (Å²) in [7, 11) is 1.90. The molecule has 1 amide bonds. The molecule has 0 saturated carbocycles. The van der Waals surface area contributed by atoms with Gasteiger partial charge < -0.3 is 9.88 Å². The molecular formula is C14H17FN4OS. The van der Waals surface area contributed by atoms with Crippen LogP contribution in [0.15, 0.2) is 29.4 Å². The fourth-order valence-electron chi connectivity index (χ4n) is 1.90. The minimum Gasteiger partial charge on any atom is -0.355 e. The predicted octanol–water partition coefficient (Wildman–Crippen LogP) is 1.58. The predicted molar refractivity (Wildman–Crippen MR) is 79.6 cm³/mol. The largest absolute Gasteiger partial charge is 0.355 e. The first kappa shape index (κ1) is 15.5. The quantitative estimate of drug-likeness (QED) is 0.823. The Morgan fingerprint density at radius 3 is 2.67 bits per heavy atom. The smallest absolute Gasteiger partial charge is 0.224 e. The van der Waals surface area contributed by atoms with Gasteiger partial charge in [0.15, 0.2) is 5.16 Å². The highest BCUT2D eigenvalue weighted by Crippen LogP contribution is 2.11. The summed E-state index contributed by atoms with van der Waals surface area (Å²) in [6.07, 6.45) is 2.81. The van der Waals surface area contributed by atoms with Gasteiger partial charge in [-0.25, -0.2) is 4.39 Å². The second-order valence-electron chi connectivity index (χ2n) is 4.57. The van der Waals surface area contributed by atoms with E-state index < -0.39 is 0 Å². The number of hydrogen-bond acceptors (Lipinski definition) is 4. The standard InChI is InChI=1S/C14H17FN4OS/c1-19-12(17-18-14(19)21-2)7-8-16-13(20)9-10-3-5-11(15)6-4-10/h3-6H,7-9H2,1-2H3,(H,16,20). The van der Waals surface area contributed by atoms with E-state index in [1.807, 2.05) is 17.9 Å². The molecule has 0 aliphatic rings. The van der Waals surface area contributed by atoms with Crippen molar-refractivity contribution >= 4 is 17.7 Å². The van der Waals surface area contributed by atoms with E-state index >= 15 is 0 Å². The molecule has 0 spiro atoms. The molecule has 0 atom stereocenters. The topological polar surface area (TPSA) is 59.8 Å². The van der Waals surface area contributed by atoms with Crippen LogP contribution in [0, 0.1) is 5.82 Å². The van der Waals surface area contributed by atoms with E-state index in [4.69, 9.17) is 0 Å². The van der Waals surface area contributed by atoms with Crippen LogP contribution in [0.3, 0.4) is 0 Å². The van der Waals surface area contributed by atoms with Crippen molar-refractivity contribution in [1.82, 2.24) is 20.1 Å². The van der Waals surface area contributed by atoms with Crippen molar-refractivity contribution < 1.29 is 9.18 Å². The van der Waals surface area contributed by atoms with Gasteiger partial charge >= 0.3 is 0 Å². The van der Waals surface area contributed by atoms with Crippen LogP contribution in [0.1, 0.15) is 11.4 Å². The summed E-state index contributed by atoms with van der Waals surface area (Å²) < 4.78 is 14.7. The lowest BCUT2D eigenvalue weighted by molar-refractivity contribution is -0.120. The molecule has 0 radical (unpaired) electrons. The van der Waals surface area contributed by atoms with Gasteiger partial charge in [0.1, 0.15) is 11.6 Å². The Morgan fingerprint density at radius 2 is 2.05 bits per heavy atom. The number of amides is 1. The lowest BCUT2D eigenvalue weighted by atomic mass is 10.1. The molecule has 0 saturated heterocycles.